The summed E-state index contributed by atoms with van der Waals surface area (Å²) in [5.74, 6) is -0.137. The first-order valence-corrected chi connectivity index (χ1v) is 7.15. The summed E-state index contributed by atoms with van der Waals surface area (Å²) in [6.45, 7) is 2.98. The third-order valence-electron chi connectivity index (χ3n) is 4.98. The average Bonchev–Trinajstić information content (AvgIpc) is 3.04. The molecule has 1 heterocycles. The van der Waals surface area contributed by atoms with Gasteiger partial charge < -0.3 is 14.8 Å². The van der Waals surface area contributed by atoms with Gasteiger partial charge in [-0.05, 0) is 46.7 Å². The molecule has 5 nitrogen and oxygen atoms in total. The summed E-state index contributed by atoms with van der Waals surface area (Å²) >= 11 is 0. The predicted octanol–water partition coefficient (Wildman–Crippen LogP) is 0.779. The smallest absolute Gasteiger partial charge is 0.326 e. The van der Waals surface area contributed by atoms with Crippen molar-refractivity contribution < 1.29 is 14.3 Å². The van der Waals surface area contributed by atoms with Crippen LogP contribution in [0.2, 0.25) is 0 Å². The van der Waals surface area contributed by atoms with Crippen molar-refractivity contribution in [3.05, 3.63) is 0 Å². The Labute approximate surface area is 115 Å². The third kappa shape index (κ3) is 2.64. The molecule has 2 fully saturated rings. The van der Waals surface area contributed by atoms with Gasteiger partial charge in [0.2, 0.25) is 0 Å². The van der Waals surface area contributed by atoms with E-state index in [4.69, 9.17) is 9.47 Å². The van der Waals surface area contributed by atoms with Crippen molar-refractivity contribution in [2.24, 2.45) is 0 Å². The largest absolute Gasteiger partial charge is 0.468 e. The Balaban J connectivity index is 2.02. The van der Waals surface area contributed by atoms with Gasteiger partial charge in [-0.25, -0.2) is 0 Å². The van der Waals surface area contributed by atoms with E-state index in [1.807, 2.05) is 7.05 Å². The van der Waals surface area contributed by atoms with Crippen molar-refractivity contribution >= 4 is 5.97 Å². The minimum atomic E-state index is -0.504. The van der Waals surface area contributed by atoms with E-state index in [-0.39, 0.29) is 12.1 Å². The Bertz CT molecular complexity index is 337. The molecule has 0 bridgehead atoms. The number of rotatable bonds is 4. The molecule has 2 aliphatic rings. The maximum Gasteiger partial charge on any atom is 0.326 e. The first-order valence-electron chi connectivity index (χ1n) is 7.15. The highest BCUT2D eigenvalue weighted by molar-refractivity contribution is 5.81. The van der Waals surface area contributed by atoms with Gasteiger partial charge in [-0.3, -0.25) is 9.69 Å². The normalized spacial score (nSPS) is 38.9. The van der Waals surface area contributed by atoms with Crippen LogP contribution in [0.4, 0.5) is 0 Å². The van der Waals surface area contributed by atoms with Crippen molar-refractivity contribution in [2.45, 2.75) is 56.3 Å². The Morgan fingerprint density at radius 2 is 2.21 bits per heavy atom. The number of esters is 1. The maximum absolute atomic E-state index is 12.0. The van der Waals surface area contributed by atoms with Crippen LogP contribution < -0.4 is 5.32 Å². The van der Waals surface area contributed by atoms with Crippen LogP contribution in [0.5, 0.6) is 0 Å². The number of nitrogens with one attached hydrogen (secondary N) is 1. The first-order chi connectivity index (χ1) is 9.04. The molecule has 19 heavy (non-hydrogen) atoms. The number of carbonyl (C=O) groups excluding carboxylic acids is 1. The van der Waals surface area contributed by atoms with Crippen LogP contribution in [-0.2, 0) is 14.3 Å². The SMILES string of the molecule is CNC1(C(=O)OC)CCC(N(C)C2CCOC2C)C1. The lowest BCUT2D eigenvalue weighted by Gasteiger charge is -2.33. The molecule has 0 spiro atoms. The van der Waals surface area contributed by atoms with E-state index in [9.17, 15) is 4.79 Å². The van der Waals surface area contributed by atoms with Crippen LogP contribution in [0, 0.1) is 0 Å². The fourth-order valence-electron chi connectivity index (χ4n) is 3.60. The minimum absolute atomic E-state index is 0.137. The lowest BCUT2D eigenvalue weighted by molar-refractivity contribution is -0.148. The van der Waals surface area contributed by atoms with Gasteiger partial charge in [0, 0.05) is 18.7 Å². The summed E-state index contributed by atoms with van der Waals surface area (Å²) in [4.78, 5) is 14.4. The highest BCUT2D eigenvalue weighted by Crippen LogP contribution is 2.35. The average molecular weight is 270 g/mol. The number of hydrogen-bond donors (Lipinski definition) is 1. The molecule has 4 unspecified atom stereocenters. The minimum Gasteiger partial charge on any atom is -0.468 e. The second kappa shape index (κ2) is 5.77. The van der Waals surface area contributed by atoms with Crippen molar-refractivity contribution in [1.82, 2.24) is 10.2 Å². The zero-order valence-corrected chi connectivity index (χ0v) is 12.4. The van der Waals surface area contributed by atoms with E-state index in [1.165, 1.54) is 7.11 Å². The van der Waals surface area contributed by atoms with Gasteiger partial charge in [0.25, 0.3) is 0 Å². The number of likely N-dealkylation sites (N-methyl/N-ethyl adjacent to an activating group) is 2. The molecule has 1 saturated carbocycles. The van der Waals surface area contributed by atoms with E-state index in [2.05, 4.69) is 24.2 Å². The number of nitrogens with zero attached hydrogens (tertiary/aromatic N) is 1. The molecule has 2 rings (SSSR count). The van der Waals surface area contributed by atoms with Gasteiger partial charge in [-0.1, -0.05) is 0 Å². The number of ether oxygens (including phenoxy) is 2. The fraction of sp³-hybridized carbons (Fsp3) is 0.929. The summed E-state index contributed by atoms with van der Waals surface area (Å²) in [5, 5.41) is 3.18. The highest BCUT2D eigenvalue weighted by Gasteiger charge is 2.47. The molecule has 0 radical (unpaired) electrons. The second-order valence-electron chi connectivity index (χ2n) is 5.82. The highest BCUT2D eigenvalue weighted by atomic mass is 16.5. The molecular formula is C14H26N2O3. The van der Waals surface area contributed by atoms with Crippen LogP contribution in [0.15, 0.2) is 0 Å². The van der Waals surface area contributed by atoms with Crippen LogP contribution in [0.3, 0.4) is 0 Å². The molecule has 0 amide bonds. The Morgan fingerprint density at radius 3 is 2.74 bits per heavy atom. The molecule has 110 valence electrons. The summed E-state index contributed by atoms with van der Waals surface area (Å²) in [6, 6.07) is 0.885. The monoisotopic (exact) mass is 270 g/mol. The fourth-order valence-corrected chi connectivity index (χ4v) is 3.60. The topological polar surface area (TPSA) is 50.8 Å². The van der Waals surface area contributed by atoms with Crippen LogP contribution >= 0.6 is 0 Å². The summed E-state index contributed by atoms with van der Waals surface area (Å²) in [7, 11) is 5.47. The van der Waals surface area contributed by atoms with Gasteiger partial charge in [-0.15, -0.1) is 0 Å². The Hall–Kier alpha value is -0.650. The predicted molar refractivity (Wildman–Crippen MR) is 73.0 cm³/mol. The molecule has 1 aliphatic heterocycles. The second-order valence-corrected chi connectivity index (χ2v) is 5.82. The van der Waals surface area contributed by atoms with Gasteiger partial charge in [-0.2, -0.15) is 0 Å². The quantitative estimate of drug-likeness (QED) is 0.765. The van der Waals surface area contributed by atoms with Gasteiger partial charge in [0.05, 0.1) is 13.2 Å². The third-order valence-corrected chi connectivity index (χ3v) is 4.98. The molecule has 0 aromatic carbocycles. The first kappa shape index (κ1) is 14.8. The number of hydrogen-bond acceptors (Lipinski definition) is 5. The van der Waals surface area contributed by atoms with Crippen molar-refractivity contribution in [3.8, 4) is 0 Å². The van der Waals surface area contributed by atoms with E-state index in [0.29, 0.717) is 12.1 Å². The van der Waals surface area contributed by atoms with E-state index >= 15 is 0 Å². The molecule has 1 N–H and O–H groups in total. The van der Waals surface area contributed by atoms with E-state index < -0.39 is 5.54 Å². The van der Waals surface area contributed by atoms with E-state index in [1.54, 1.807) is 0 Å². The van der Waals surface area contributed by atoms with Gasteiger partial charge in [0.15, 0.2) is 0 Å². The Morgan fingerprint density at radius 1 is 1.47 bits per heavy atom. The van der Waals surface area contributed by atoms with Crippen molar-refractivity contribution in [3.63, 3.8) is 0 Å². The zero-order chi connectivity index (χ0) is 14.0. The molecule has 0 aromatic heterocycles. The van der Waals surface area contributed by atoms with E-state index in [0.717, 1.165) is 32.3 Å². The number of methoxy groups -OCH3 is 1. The molecule has 1 aliphatic carbocycles. The van der Waals surface area contributed by atoms with Crippen molar-refractivity contribution in [2.75, 3.05) is 27.8 Å². The molecule has 1 saturated heterocycles. The van der Waals surface area contributed by atoms with Crippen LogP contribution in [0.25, 0.3) is 0 Å². The molecule has 5 heteroatoms. The Kier molecular flexibility index (Phi) is 4.48. The summed E-state index contributed by atoms with van der Waals surface area (Å²) < 4.78 is 10.6. The van der Waals surface area contributed by atoms with Crippen LogP contribution in [-0.4, -0.2) is 62.4 Å². The summed E-state index contributed by atoms with van der Waals surface area (Å²) in [6.07, 6.45) is 4.05. The standard InChI is InChI=1S/C14H26N2O3/c1-10-12(6-8-19-10)16(3)11-5-7-14(9-11,15-2)13(17)18-4/h10-12,15H,5-9H2,1-4H3. The molecule has 4 atom stereocenters. The van der Waals surface area contributed by atoms with Gasteiger partial charge >= 0.3 is 5.97 Å². The summed E-state index contributed by atoms with van der Waals surface area (Å²) in [5.41, 5.74) is -0.504. The molecule has 0 aromatic rings. The van der Waals surface area contributed by atoms with Crippen molar-refractivity contribution in [1.29, 1.82) is 0 Å². The zero-order valence-electron chi connectivity index (χ0n) is 12.4. The van der Waals surface area contributed by atoms with Crippen LogP contribution in [0.1, 0.15) is 32.6 Å². The van der Waals surface area contributed by atoms with Gasteiger partial charge in [0.1, 0.15) is 5.54 Å². The lowest BCUT2D eigenvalue weighted by atomic mass is 9.97. The lowest BCUT2D eigenvalue weighted by Crippen LogP contribution is -2.51. The maximum atomic E-state index is 12.0. The number of carbonyl (C=O) groups is 1. The molecular weight excluding hydrogens is 244 g/mol.